The monoisotopic (exact) mass is 275 g/mol. The Balaban J connectivity index is 3.11. The van der Waals surface area contributed by atoms with Gasteiger partial charge in [0, 0.05) is 9.13 Å². The second-order valence-electron chi connectivity index (χ2n) is 2.17. The molecule has 0 aliphatic heterocycles. The van der Waals surface area contributed by atoms with Crippen LogP contribution in [0.1, 0.15) is 10.4 Å². The van der Waals surface area contributed by atoms with Crippen LogP contribution in [0.4, 0.5) is 0 Å². The third-order valence-corrected chi connectivity index (χ3v) is 2.28. The number of ketones is 1. The average Bonchev–Trinajstić information content (AvgIpc) is 2.04. The first-order chi connectivity index (χ1) is 5.63. The number of hydrogen-bond acceptors (Lipinski definition) is 2. The summed E-state index contributed by atoms with van der Waals surface area (Å²) in [6, 6.07) is 6.81. The number of nitrogens with two attached hydrogens (primary N) is 1. The zero-order valence-electron chi connectivity index (χ0n) is 6.08. The van der Waals surface area contributed by atoms with Gasteiger partial charge >= 0.3 is 0 Å². The Morgan fingerprint density at radius 2 is 1.83 bits per heavy atom. The normalized spacial score (nSPS) is 9.42. The van der Waals surface area contributed by atoms with Gasteiger partial charge in [0.1, 0.15) is 0 Å². The van der Waals surface area contributed by atoms with Gasteiger partial charge in [-0.1, -0.05) is 12.1 Å². The highest BCUT2D eigenvalue weighted by molar-refractivity contribution is 14.1. The van der Waals surface area contributed by atoms with Crippen LogP contribution in [-0.2, 0) is 4.79 Å². The van der Waals surface area contributed by atoms with E-state index >= 15 is 0 Å². The molecule has 0 spiro atoms. The van der Waals surface area contributed by atoms with Gasteiger partial charge in [-0.25, -0.2) is 0 Å². The van der Waals surface area contributed by atoms with E-state index in [1.54, 1.807) is 24.3 Å². The van der Waals surface area contributed by atoms with Gasteiger partial charge in [-0.05, 0) is 34.7 Å². The number of carbonyl (C=O) groups is 2. The molecule has 0 unspecified atom stereocenters. The molecule has 3 nitrogen and oxygen atoms in total. The van der Waals surface area contributed by atoms with Crippen LogP contribution in [0.5, 0.6) is 0 Å². The molecule has 0 saturated carbocycles. The molecule has 4 heteroatoms. The van der Waals surface area contributed by atoms with Gasteiger partial charge in [0.2, 0.25) is 0 Å². The van der Waals surface area contributed by atoms with E-state index in [0.717, 1.165) is 3.57 Å². The number of Topliss-reactive ketones (excluding diaryl/α,β-unsaturated/α-hetero) is 1. The van der Waals surface area contributed by atoms with Crippen molar-refractivity contribution in [3.63, 3.8) is 0 Å². The smallest absolute Gasteiger partial charge is 0.289 e. The first-order valence-corrected chi connectivity index (χ1v) is 4.29. The van der Waals surface area contributed by atoms with E-state index in [9.17, 15) is 9.59 Å². The predicted molar refractivity (Wildman–Crippen MR) is 52.7 cm³/mol. The van der Waals surface area contributed by atoms with Crippen LogP contribution in [0.25, 0.3) is 0 Å². The van der Waals surface area contributed by atoms with Crippen LogP contribution in [0, 0.1) is 3.57 Å². The lowest BCUT2D eigenvalue weighted by Gasteiger charge is -1.98. The fourth-order valence-electron chi connectivity index (χ4n) is 0.778. The van der Waals surface area contributed by atoms with Crippen molar-refractivity contribution >= 4 is 34.3 Å². The molecular weight excluding hydrogens is 269 g/mol. The number of hydrogen-bond donors (Lipinski definition) is 1. The third kappa shape index (κ3) is 1.82. The van der Waals surface area contributed by atoms with Crippen LogP contribution in [-0.4, -0.2) is 11.7 Å². The minimum absolute atomic E-state index is 0.366. The van der Waals surface area contributed by atoms with Gasteiger partial charge in [0.25, 0.3) is 11.7 Å². The van der Waals surface area contributed by atoms with E-state index in [2.05, 4.69) is 0 Å². The Morgan fingerprint density at radius 1 is 1.25 bits per heavy atom. The molecule has 0 fully saturated rings. The van der Waals surface area contributed by atoms with E-state index in [1.807, 2.05) is 22.6 Å². The number of rotatable bonds is 2. The van der Waals surface area contributed by atoms with Gasteiger partial charge in [-0.15, -0.1) is 0 Å². The SMILES string of the molecule is NC(=O)C(=O)c1ccccc1I. The molecule has 1 aromatic rings. The van der Waals surface area contributed by atoms with Crippen molar-refractivity contribution < 1.29 is 9.59 Å². The van der Waals surface area contributed by atoms with Gasteiger partial charge in [-0.3, -0.25) is 9.59 Å². The minimum Gasteiger partial charge on any atom is -0.363 e. The summed E-state index contributed by atoms with van der Waals surface area (Å²) in [7, 11) is 0. The average molecular weight is 275 g/mol. The second kappa shape index (κ2) is 3.66. The van der Waals surface area contributed by atoms with Gasteiger partial charge in [0.05, 0.1) is 0 Å². The summed E-state index contributed by atoms with van der Waals surface area (Å²) in [5.41, 5.74) is 5.21. The van der Waals surface area contributed by atoms with E-state index in [4.69, 9.17) is 5.73 Å². The third-order valence-electron chi connectivity index (χ3n) is 1.34. The largest absolute Gasteiger partial charge is 0.363 e. The van der Waals surface area contributed by atoms with Crippen molar-refractivity contribution in [1.82, 2.24) is 0 Å². The van der Waals surface area contributed by atoms with E-state index in [-0.39, 0.29) is 0 Å². The number of amides is 1. The van der Waals surface area contributed by atoms with Crippen molar-refractivity contribution in [1.29, 1.82) is 0 Å². The van der Waals surface area contributed by atoms with Crippen molar-refractivity contribution in [2.45, 2.75) is 0 Å². The molecule has 1 amide bonds. The van der Waals surface area contributed by atoms with E-state index in [0.29, 0.717) is 5.56 Å². The molecule has 62 valence electrons. The molecule has 0 saturated heterocycles. The highest BCUT2D eigenvalue weighted by atomic mass is 127. The van der Waals surface area contributed by atoms with Gasteiger partial charge in [0.15, 0.2) is 0 Å². The van der Waals surface area contributed by atoms with Crippen molar-refractivity contribution in [2.24, 2.45) is 5.73 Å². The second-order valence-corrected chi connectivity index (χ2v) is 3.34. The zero-order chi connectivity index (χ0) is 9.14. The lowest BCUT2D eigenvalue weighted by Crippen LogP contribution is -2.23. The quantitative estimate of drug-likeness (QED) is 0.496. The number of benzene rings is 1. The summed E-state index contributed by atoms with van der Waals surface area (Å²) >= 11 is 1.98. The van der Waals surface area contributed by atoms with Gasteiger partial charge < -0.3 is 5.73 Å². The van der Waals surface area contributed by atoms with Crippen molar-refractivity contribution in [2.75, 3.05) is 0 Å². The van der Waals surface area contributed by atoms with Gasteiger partial charge in [-0.2, -0.15) is 0 Å². The summed E-state index contributed by atoms with van der Waals surface area (Å²) < 4.78 is 0.735. The molecule has 0 aliphatic carbocycles. The number of carbonyl (C=O) groups excluding carboxylic acids is 2. The topological polar surface area (TPSA) is 60.2 Å². The Morgan fingerprint density at radius 3 is 2.33 bits per heavy atom. The highest BCUT2D eigenvalue weighted by Gasteiger charge is 2.13. The lowest BCUT2D eigenvalue weighted by molar-refractivity contribution is -0.114. The van der Waals surface area contributed by atoms with E-state index < -0.39 is 11.7 Å². The first kappa shape index (κ1) is 9.18. The Bertz CT molecular complexity index is 336. The molecule has 0 atom stereocenters. The number of halogens is 1. The maximum Gasteiger partial charge on any atom is 0.289 e. The minimum atomic E-state index is -0.917. The predicted octanol–water partition coefficient (Wildman–Crippen LogP) is 0.959. The standard InChI is InChI=1S/C8H6INO2/c9-6-4-2-1-3-5(6)7(11)8(10)12/h1-4H,(H2,10,12). The van der Waals surface area contributed by atoms with Crippen LogP contribution in [0.2, 0.25) is 0 Å². The molecule has 12 heavy (non-hydrogen) atoms. The Hall–Kier alpha value is -0.910. The van der Waals surface area contributed by atoms with Crippen LogP contribution >= 0.6 is 22.6 Å². The maximum atomic E-state index is 11.1. The molecule has 0 aliphatic rings. The molecule has 0 heterocycles. The molecule has 1 rings (SSSR count). The molecule has 1 aromatic carbocycles. The summed E-state index contributed by atoms with van der Waals surface area (Å²) in [5.74, 6) is -1.56. The Labute approximate surface area is 83.1 Å². The van der Waals surface area contributed by atoms with Crippen LogP contribution in [0.3, 0.4) is 0 Å². The van der Waals surface area contributed by atoms with Crippen LogP contribution in [0.15, 0.2) is 24.3 Å². The summed E-state index contributed by atoms with van der Waals surface area (Å²) in [5, 5.41) is 0. The van der Waals surface area contributed by atoms with E-state index in [1.165, 1.54) is 0 Å². The first-order valence-electron chi connectivity index (χ1n) is 3.21. The van der Waals surface area contributed by atoms with Crippen LogP contribution < -0.4 is 5.73 Å². The maximum absolute atomic E-state index is 11.1. The fourth-order valence-corrected chi connectivity index (χ4v) is 1.41. The zero-order valence-corrected chi connectivity index (χ0v) is 8.24. The highest BCUT2D eigenvalue weighted by Crippen LogP contribution is 2.11. The summed E-state index contributed by atoms with van der Waals surface area (Å²) in [6.45, 7) is 0. The molecule has 0 bridgehead atoms. The fraction of sp³-hybridized carbons (Fsp3) is 0. The lowest BCUT2D eigenvalue weighted by atomic mass is 10.1. The molecule has 0 aromatic heterocycles. The van der Waals surface area contributed by atoms with Crippen molar-refractivity contribution in [3.8, 4) is 0 Å². The number of primary amides is 1. The van der Waals surface area contributed by atoms with Crippen molar-refractivity contribution in [3.05, 3.63) is 33.4 Å². The molecule has 0 radical (unpaired) electrons. The molecular formula is C8H6INO2. The Kier molecular flexibility index (Phi) is 2.80. The summed E-state index contributed by atoms with van der Waals surface area (Å²) in [6.07, 6.45) is 0. The summed E-state index contributed by atoms with van der Waals surface area (Å²) in [4.78, 5) is 21.6. The molecule has 2 N–H and O–H groups in total.